The maximum absolute atomic E-state index is 11.2. The van der Waals surface area contributed by atoms with Gasteiger partial charge in [0.1, 0.15) is 0 Å². The van der Waals surface area contributed by atoms with E-state index in [1.165, 1.54) is 12.0 Å². The Labute approximate surface area is 104 Å². The molecule has 0 fully saturated rings. The second kappa shape index (κ2) is 7.66. The van der Waals surface area contributed by atoms with Gasteiger partial charge in [-0.15, -0.1) is 0 Å². The van der Waals surface area contributed by atoms with Crippen LogP contribution in [-0.2, 0) is 11.2 Å². The zero-order valence-corrected chi connectivity index (χ0v) is 10.5. The number of carbonyl (C=O) groups excluding carboxylic acids is 1. The van der Waals surface area contributed by atoms with E-state index in [4.69, 9.17) is 0 Å². The van der Waals surface area contributed by atoms with E-state index in [0.717, 1.165) is 25.8 Å². The number of nitrogens with one attached hydrogen (secondary N) is 1. The first kappa shape index (κ1) is 13.5. The Balaban J connectivity index is 2.02. The van der Waals surface area contributed by atoms with Crippen LogP contribution in [0.2, 0.25) is 0 Å². The van der Waals surface area contributed by atoms with E-state index in [-0.39, 0.29) is 5.91 Å². The van der Waals surface area contributed by atoms with Crippen molar-refractivity contribution in [2.45, 2.75) is 32.6 Å². The molecule has 0 saturated heterocycles. The summed E-state index contributed by atoms with van der Waals surface area (Å²) in [7, 11) is 0. The minimum absolute atomic E-state index is 0.0342. The van der Waals surface area contributed by atoms with Crippen molar-refractivity contribution in [2.75, 3.05) is 6.54 Å². The van der Waals surface area contributed by atoms with Crippen LogP contribution in [0.5, 0.6) is 0 Å². The fraction of sp³-hybridized carbons (Fsp3) is 0.400. The van der Waals surface area contributed by atoms with Crippen molar-refractivity contribution in [1.82, 2.24) is 5.32 Å². The highest BCUT2D eigenvalue weighted by atomic mass is 16.1. The molecule has 0 aliphatic rings. The third kappa shape index (κ3) is 5.91. The molecule has 1 N–H and O–H groups in total. The quantitative estimate of drug-likeness (QED) is 0.567. The van der Waals surface area contributed by atoms with Crippen molar-refractivity contribution >= 4 is 5.91 Å². The molecule has 0 aliphatic carbocycles. The van der Waals surface area contributed by atoms with Crippen LogP contribution in [0.15, 0.2) is 42.5 Å². The van der Waals surface area contributed by atoms with Gasteiger partial charge in [0.05, 0.1) is 0 Å². The highest BCUT2D eigenvalue weighted by molar-refractivity contribution is 5.91. The summed E-state index contributed by atoms with van der Waals surface area (Å²) in [4.78, 5) is 11.2. The monoisotopic (exact) mass is 231 g/mol. The van der Waals surface area contributed by atoms with Gasteiger partial charge in [0.2, 0.25) is 5.91 Å². The number of hydrogen-bond donors (Lipinski definition) is 1. The Morgan fingerprint density at radius 2 is 1.88 bits per heavy atom. The van der Waals surface area contributed by atoms with E-state index in [2.05, 4.69) is 36.2 Å². The minimum Gasteiger partial charge on any atom is -0.352 e. The largest absolute Gasteiger partial charge is 0.352 e. The molecular formula is C15H21NO. The highest BCUT2D eigenvalue weighted by Gasteiger charge is 1.99. The van der Waals surface area contributed by atoms with Crippen molar-refractivity contribution in [3.8, 4) is 0 Å². The molecule has 17 heavy (non-hydrogen) atoms. The third-order valence-corrected chi connectivity index (χ3v) is 2.66. The Hall–Kier alpha value is -1.57. The topological polar surface area (TPSA) is 29.1 Å². The Kier molecular flexibility index (Phi) is 6.08. The molecule has 1 amide bonds. The zero-order valence-electron chi connectivity index (χ0n) is 10.5. The van der Waals surface area contributed by atoms with E-state index >= 15 is 0 Å². The molecule has 1 rings (SSSR count). The van der Waals surface area contributed by atoms with Gasteiger partial charge in [0.15, 0.2) is 0 Å². The van der Waals surface area contributed by atoms with E-state index in [1.807, 2.05) is 6.07 Å². The summed E-state index contributed by atoms with van der Waals surface area (Å²) >= 11 is 0. The predicted octanol–water partition coefficient (Wildman–Crippen LogP) is 3.09. The Bertz CT molecular complexity index is 356. The molecule has 2 nitrogen and oxygen atoms in total. The molecule has 0 spiro atoms. The van der Waals surface area contributed by atoms with Gasteiger partial charge in [-0.25, -0.2) is 0 Å². The van der Waals surface area contributed by atoms with Crippen LogP contribution in [0.25, 0.3) is 0 Å². The van der Waals surface area contributed by atoms with Crippen LogP contribution < -0.4 is 5.32 Å². The Morgan fingerprint density at radius 1 is 1.18 bits per heavy atom. The molecule has 1 aromatic rings. The zero-order chi connectivity index (χ0) is 12.5. The molecule has 0 radical (unpaired) electrons. The SMILES string of the molecule is C=C(C)C(=O)NCCCCCc1ccccc1. The number of carbonyl (C=O) groups is 1. The molecule has 0 bridgehead atoms. The highest BCUT2D eigenvalue weighted by Crippen LogP contribution is 2.05. The molecule has 0 unspecified atom stereocenters. The van der Waals surface area contributed by atoms with Crippen molar-refractivity contribution in [2.24, 2.45) is 0 Å². The fourth-order valence-electron chi connectivity index (χ4n) is 1.63. The molecule has 0 heterocycles. The first-order chi connectivity index (χ1) is 8.20. The summed E-state index contributed by atoms with van der Waals surface area (Å²) in [6.07, 6.45) is 4.47. The third-order valence-electron chi connectivity index (χ3n) is 2.66. The maximum Gasteiger partial charge on any atom is 0.246 e. The summed E-state index contributed by atoms with van der Waals surface area (Å²) in [5, 5.41) is 2.84. The summed E-state index contributed by atoms with van der Waals surface area (Å²) in [6.45, 7) is 6.08. The first-order valence-corrected chi connectivity index (χ1v) is 6.18. The van der Waals surface area contributed by atoms with E-state index in [9.17, 15) is 4.79 Å². The summed E-state index contributed by atoms with van der Waals surface area (Å²) < 4.78 is 0. The molecule has 0 aliphatic heterocycles. The lowest BCUT2D eigenvalue weighted by atomic mass is 10.1. The predicted molar refractivity (Wildman–Crippen MR) is 71.8 cm³/mol. The van der Waals surface area contributed by atoms with Gasteiger partial charge < -0.3 is 5.32 Å². The lowest BCUT2D eigenvalue weighted by Crippen LogP contribution is -2.24. The lowest BCUT2D eigenvalue weighted by Gasteiger charge is -2.04. The normalized spacial score (nSPS) is 9.94. The summed E-state index contributed by atoms with van der Waals surface area (Å²) in [6, 6.07) is 10.5. The van der Waals surface area contributed by atoms with Gasteiger partial charge in [-0.2, -0.15) is 0 Å². The first-order valence-electron chi connectivity index (χ1n) is 6.18. The second-order valence-electron chi connectivity index (χ2n) is 4.33. The standard InChI is InChI=1S/C15H21NO/c1-13(2)15(17)16-12-8-4-7-11-14-9-5-3-6-10-14/h3,5-6,9-10H,1,4,7-8,11-12H2,2H3,(H,16,17). The van der Waals surface area contributed by atoms with Crippen molar-refractivity contribution in [3.05, 3.63) is 48.0 Å². The minimum atomic E-state index is -0.0342. The van der Waals surface area contributed by atoms with Crippen LogP contribution in [-0.4, -0.2) is 12.5 Å². The van der Waals surface area contributed by atoms with Crippen molar-refractivity contribution < 1.29 is 4.79 Å². The fourth-order valence-corrected chi connectivity index (χ4v) is 1.63. The molecule has 2 heteroatoms. The maximum atomic E-state index is 11.2. The lowest BCUT2D eigenvalue weighted by molar-refractivity contribution is -0.117. The van der Waals surface area contributed by atoms with Gasteiger partial charge in [0.25, 0.3) is 0 Å². The smallest absolute Gasteiger partial charge is 0.246 e. The molecular weight excluding hydrogens is 210 g/mol. The average Bonchev–Trinajstić information content (AvgIpc) is 2.34. The van der Waals surface area contributed by atoms with E-state index in [0.29, 0.717) is 5.57 Å². The molecule has 92 valence electrons. The van der Waals surface area contributed by atoms with Crippen LogP contribution >= 0.6 is 0 Å². The van der Waals surface area contributed by atoms with Crippen LogP contribution in [0.3, 0.4) is 0 Å². The van der Waals surface area contributed by atoms with Gasteiger partial charge >= 0.3 is 0 Å². The number of aryl methyl sites for hydroxylation is 1. The Morgan fingerprint density at radius 3 is 2.53 bits per heavy atom. The van der Waals surface area contributed by atoms with Gasteiger partial charge in [-0.05, 0) is 31.7 Å². The van der Waals surface area contributed by atoms with Crippen LogP contribution in [0.1, 0.15) is 31.7 Å². The number of benzene rings is 1. The van der Waals surface area contributed by atoms with Crippen LogP contribution in [0.4, 0.5) is 0 Å². The van der Waals surface area contributed by atoms with E-state index < -0.39 is 0 Å². The molecule has 0 atom stereocenters. The molecule has 1 aromatic carbocycles. The van der Waals surface area contributed by atoms with Crippen molar-refractivity contribution in [1.29, 1.82) is 0 Å². The van der Waals surface area contributed by atoms with E-state index in [1.54, 1.807) is 6.92 Å². The number of unbranched alkanes of at least 4 members (excludes halogenated alkanes) is 2. The van der Waals surface area contributed by atoms with Gasteiger partial charge in [-0.1, -0.05) is 43.3 Å². The summed E-state index contributed by atoms with van der Waals surface area (Å²) in [5.41, 5.74) is 1.97. The number of rotatable bonds is 7. The second-order valence-corrected chi connectivity index (χ2v) is 4.33. The van der Waals surface area contributed by atoms with Crippen molar-refractivity contribution in [3.63, 3.8) is 0 Å². The van der Waals surface area contributed by atoms with Gasteiger partial charge in [-0.3, -0.25) is 4.79 Å². The summed E-state index contributed by atoms with van der Waals surface area (Å²) in [5.74, 6) is -0.0342. The van der Waals surface area contributed by atoms with Gasteiger partial charge in [0, 0.05) is 12.1 Å². The average molecular weight is 231 g/mol. The molecule has 0 aromatic heterocycles. The molecule has 0 saturated carbocycles. The van der Waals surface area contributed by atoms with Crippen LogP contribution in [0, 0.1) is 0 Å². The number of amides is 1. The number of hydrogen-bond acceptors (Lipinski definition) is 1.